The van der Waals surface area contributed by atoms with Crippen molar-refractivity contribution >= 4 is 0 Å². The zero-order chi connectivity index (χ0) is 11.5. The zero-order valence-electron chi connectivity index (χ0n) is 9.95. The summed E-state index contributed by atoms with van der Waals surface area (Å²) in [7, 11) is 0. The molecule has 1 fully saturated rings. The summed E-state index contributed by atoms with van der Waals surface area (Å²) in [6, 6.07) is 8.88. The molecule has 0 aliphatic heterocycles. The molecule has 2 heteroatoms. The van der Waals surface area contributed by atoms with Gasteiger partial charge in [-0.25, -0.2) is 4.98 Å². The van der Waals surface area contributed by atoms with Crippen LogP contribution >= 0.6 is 0 Å². The van der Waals surface area contributed by atoms with Gasteiger partial charge in [0.05, 0.1) is 5.69 Å². The molecule has 1 saturated carbocycles. The summed E-state index contributed by atoms with van der Waals surface area (Å²) in [5.41, 5.74) is 3.63. The highest BCUT2D eigenvalue weighted by molar-refractivity contribution is 5.58. The molecule has 1 aliphatic rings. The second kappa shape index (κ2) is 4.74. The Morgan fingerprint density at radius 1 is 1.06 bits per heavy atom. The highest BCUT2D eigenvalue weighted by Gasteiger charge is 2.15. The number of hydrogen-bond acceptors (Lipinski definition) is 1. The van der Waals surface area contributed by atoms with Crippen molar-refractivity contribution in [1.82, 2.24) is 9.97 Å². The minimum atomic E-state index is 0.781. The topological polar surface area (TPSA) is 28.7 Å². The molecule has 0 spiro atoms. The Labute approximate surface area is 102 Å². The van der Waals surface area contributed by atoms with Crippen molar-refractivity contribution in [1.29, 1.82) is 0 Å². The molecule has 0 saturated heterocycles. The Hall–Kier alpha value is -1.57. The standard InChI is InChI=1S/C15H17N2/c1-2-4-12(5-3-1)13-6-8-14(9-7-13)15-10-16-11-17-15/h6-10,12H,1-5H2,(H,16,17). The molecular weight excluding hydrogens is 208 g/mol. The molecule has 2 nitrogen and oxygen atoms in total. The van der Waals surface area contributed by atoms with E-state index in [9.17, 15) is 0 Å². The van der Waals surface area contributed by atoms with Crippen LogP contribution in [0.2, 0.25) is 0 Å². The number of hydrogen-bond donors (Lipinski definition) is 1. The Bertz CT molecular complexity index is 450. The third-order valence-electron chi connectivity index (χ3n) is 3.73. The van der Waals surface area contributed by atoms with Crippen LogP contribution in [0.1, 0.15) is 43.6 Å². The number of nitrogens with zero attached hydrogens (tertiary/aromatic N) is 1. The highest BCUT2D eigenvalue weighted by Crippen LogP contribution is 2.33. The molecule has 1 radical (unpaired) electrons. The summed E-state index contributed by atoms with van der Waals surface area (Å²) in [5.74, 6) is 0.781. The predicted octanol–water partition coefficient (Wildman–Crippen LogP) is 3.92. The number of imidazole rings is 1. The van der Waals surface area contributed by atoms with E-state index < -0.39 is 0 Å². The minimum Gasteiger partial charge on any atom is -0.341 e. The van der Waals surface area contributed by atoms with E-state index in [1.54, 1.807) is 0 Å². The van der Waals surface area contributed by atoms with Crippen molar-refractivity contribution in [3.05, 3.63) is 42.4 Å². The van der Waals surface area contributed by atoms with E-state index in [1.807, 2.05) is 6.20 Å². The van der Waals surface area contributed by atoms with Gasteiger partial charge in [-0.3, -0.25) is 0 Å². The van der Waals surface area contributed by atoms with E-state index in [1.165, 1.54) is 43.2 Å². The average Bonchev–Trinajstić information content (AvgIpc) is 2.94. The minimum absolute atomic E-state index is 0.781. The Morgan fingerprint density at radius 3 is 2.47 bits per heavy atom. The first-order valence-corrected chi connectivity index (χ1v) is 6.45. The van der Waals surface area contributed by atoms with Gasteiger partial charge in [0.2, 0.25) is 0 Å². The number of rotatable bonds is 2. The molecule has 1 N–H and O–H groups in total. The molecule has 1 heterocycles. The van der Waals surface area contributed by atoms with Gasteiger partial charge < -0.3 is 4.98 Å². The van der Waals surface area contributed by atoms with Crippen LogP contribution in [0.3, 0.4) is 0 Å². The molecular formula is C15H17N2. The Kier molecular flexibility index (Phi) is 2.95. The first-order chi connectivity index (χ1) is 8.43. The molecule has 1 aromatic carbocycles. The zero-order valence-corrected chi connectivity index (χ0v) is 9.95. The van der Waals surface area contributed by atoms with Crippen LogP contribution in [-0.2, 0) is 0 Å². The molecule has 0 bridgehead atoms. The fourth-order valence-electron chi connectivity index (χ4n) is 2.74. The summed E-state index contributed by atoms with van der Waals surface area (Å²) >= 11 is 0. The van der Waals surface area contributed by atoms with Crippen molar-refractivity contribution < 1.29 is 0 Å². The van der Waals surface area contributed by atoms with Crippen molar-refractivity contribution in [3.8, 4) is 11.3 Å². The average molecular weight is 225 g/mol. The van der Waals surface area contributed by atoms with Gasteiger partial charge in [0.25, 0.3) is 0 Å². The number of aromatic nitrogens is 2. The number of nitrogens with one attached hydrogen (secondary N) is 1. The van der Waals surface area contributed by atoms with Gasteiger partial charge in [0.15, 0.2) is 6.33 Å². The van der Waals surface area contributed by atoms with E-state index in [0.717, 1.165) is 11.6 Å². The lowest BCUT2D eigenvalue weighted by Gasteiger charge is -2.21. The van der Waals surface area contributed by atoms with Crippen LogP contribution in [0, 0.1) is 6.33 Å². The Morgan fingerprint density at radius 2 is 1.82 bits per heavy atom. The molecule has 1 aliphatic carbocycles. The third-order valence-corrected chi connectivity index (χ3v) is 3.73. The molecule has 1 aromatic heterocycles. The quantitative estimate of drug-likeness (QED) is 0.824. The van der Waals surface area contributed by atoms with E-state index >= 15 is 0 Å². The monoisotopic (exact) mass is 225 g/mol. The summed E-state index contributed by atoms with van der Waals surface area (Å²) in [5, 5.41) is 0. The van der Waals surface area contributed by atoms with Gasteiger partial charge in [-0.1, -0.05) is 43.5 Å². The maximum Gasteiger partial charge on any atom is 0.174 e. The van der Waals surface area contributed by atoms with Gasteiger partial charge in [0.1, 0.15) is 0 Å². The fourth-order valence-corrected chi connectivity index (χ4v) is 2.74. The summed E-state index contributed by atoms with van der Waals surface area (Å²) in [6.45, 7) is 0. The van der Waals surface area contributed by atoms with Crippen LogP contribution in [0.4, 0.5) is 0 Å². The predicted molar refractivity (Wildman–Crippen MR) is 68.7 cm³/mol. The van der Waals surface area contributed by atoms with Gasteiger partial charge >= 0.3 is 0 Å². The fraction of sp³-hybridized carbons (Fsp3) is 0.400. The second-order valence-corrected chi connectivity index (χ2v) is 4.85. The van der Waals surface area contributed by atoms with Crippen LogP contribution in [0.25, 0.3) is 11.3 Å². The lowest BCUT2D eigenvalue weighted by atomic mass is 9.84. The lowest BCUT2D eigenvalue weighted by Crippen LogP contribution is -2.04. The van der Waals surface area contributed by atoms with Crippen molar-refractivity contribution in [2.24, 2.45) is 0 Å². The Balaban J connectivity index is 1.80. The van der Waals surface area contributed by atoms with E-state index in [2.05, 4.69) is 40.6 Å². The first kappa shape index (κ1) is 10.6. The number of H-pyrrole nitrogens is 1. The molecule has 2 aromatic rings. The maximum absolute atomic E-state index is 4.15. The molecule has 87 valence electrons. The van der Waals surface area contributed by atoms with Gasteiger partial charge in [-0.05, 0) is 24.3 Å². The molecule has 0 amide bonds. The molecule has 17 heavy (non-hydrogen) atoms. The van der Waals surface area contributed by atoms with Crippen LogP contribution < -0.4 is 0 Å². The van der Waals surface area contributed by atoms with Crippen LogP contribution in [0.5, 0.6) is 0 Å². The third kappa shape index (κ3) is 2.26. The van der Waals surface area contributed by atoms with E-state index in [4.69, 9.17) is 0 Å². The lowest BCUT2D eigenvalue weighted by molar-refractivity contribution is 0.443. The SMILES string of the molecule is [c]1nc(-c2ccc(C3CCCCC3)cc2)c[nH]1. The second-order valence-electron chi connectivity index (χ2n) is 4.85. The normalized spacial score (nSPS) is 17.2. The van der Waals surface area contributed by atoms with Gasteiger partial charge in [-0.15, -0.1) is 0 Å². The maximum atomic E-state index is 4.15. The highest BCUT2D eigenvalue weighted by atomic mass is 14.9. The summed E-state index contributed by atoms with van der Waals surface area (Å²) < 4.78 is 0. The van der Waals surface area contributed by atoms with Crippen LogP contribution in [0.15, 0.2) is 30.5 Å². The smallest absolute Gasteiger partial charge is 0.174 e. The molecule has 0 unspecified atom stereocenters. The summed E-state index contributed by atoms with van der Waals surface area (Å²) in [6.07, 6.45) is 11.5. The largest absolute Gasteiger partial charge is 0.341 e. The summed E-state index contributed by atoms with van der Waals surface area (Å²) in [4.78, 5) is 7.02. The van der Waals surface area contributed by atoms with Crippen molar-refractivity contribution in [2.75, 3.05) is 0 Å². The van der Waals surface area contributed by atoms with Gasteiger partial charge in [-0.2, -0.15) is 0 Å². The van der Waals surface area contributed by atoms with Crippen LogP contribution in [-0.4, -0.2) is 9.97 Å². The van der Waals surface area contributed by atoms with E-state index in [0.29, 0.717) is 0 Å². The van der Waals surface area contributed by atoms with E-state index in [-0.39, 0.29) is 0 Å². The van der Waals surface area contributed by atoms with Crippen molar-refractivity contribution in [2.45, 2.75) is 38.0 Å². The first-order valence-electron chi connectivity index (χ1n) is 6.45. The molecule has 3 rings (SSSR count). The molecule has 0 atom stereocenters. The van der Waals surface area contributed by atoms with Crippen molar-refractivity contribution in [3.63, 3.8) is 0 Å². The number of benzene rings is 1. The number of aromatic amines is 1. The van der Waals surface area contributed by atoms with Gasteiger partial charge in [0, 0.05) is 11.8 Å².